The number of hydrogen-bond donors (Lipinski definition) is 1. The van der Waals surface area contributed by atoms with E-state index in [2.05, 4.69) is 64.1 Å². The van der Waals surface area contributed by atoms with E-state index >= 15 is 0 Å². The first-order valence-corrected chi connectivity index (χ1v) is 7.60. The Hall–Kier alpha value is -1.42. The summed E-state index contributed by atoms with van der Waals surface area (Å²) in [5.41, 5.74) is 3.48. The molecule has 0 bridgehead atoms. The van der Waals surface area contributed by atoms with Gasteiger partial charge in [0.25, 0.3) is 0 Å². The van der Waals surface area contributed by atoms with Gasteiger partial charge in [-0.25, -0.2) is 9.97 Å². The molecule has 0 aliphatic carbocycles. The van der Waals surface area contributed by atoms with Crippen LogP contribution < -0.4 is 5.32 Å². The summed E-state index contributed by atoms with van der Waals surface area (Å²) in [6.45, 7) is 6.39. The van der Waals surface area contributed by atoms with Crippen molar-refractivity contribution in [2.45, 2.75) is 33.1 Å². The molecule has 1 N–H and O–H groups in total. The number of hydrogen-bond acceptors (Lipinski definition) is 3. The molecule has 4 heteroatoms. The van der Waals surface area contributed by atoms with E-state index in [9.17, 15) is 0 Å². The molecule has 0 radical (unpaired) electrons. The van der Waals surface area contributed by atoms with Gasteiger partial charge in [-0.3, -0.25) is 0 Å². The van der Waals surface area contributed by atoms with E-state index in [1.54, 1.807) is 0 Å². The van der Waals surface area contributed by atoms with Gasteiger partial charge in [0.15, 0.2) is 0 Å². The number of benzene rings is 1. The molecule has 0 amide bonds. The van der Waals surface area contributed by atoms with Gasteiger partial charge < -0.3 is 5.32 Å². The normalized spacial score (nSPS) is 10.9. The summed E-state index contributed by atoms with van der Waals surface area (Å²) in [6.07, 6.45) is 0.751. The van der Waals surface area contributed by atoms with Crippen LogP contribution in [0.25, 0.3) is 0 Å². The van der Waals surface area contributed by atoms with Crippen molar-refractivity contribution in [3.63, 3.8) is 0 Å². The fourth-order valence-corrected chi connectivity index (χ4v) is 2.65. The molecule has 2 aromatic rings. The highest BCUT2D eigenvalue weighted by molar-refractivity contribution is 9.10. The minimum absolute atomic E-state index is 0.416. The SMILES string of the molecule is CNc1nc(Cc2ccc(Br)cc2)nc(C)c1C(C)C. The van der Waals surface area contributed by atoms with Crippen LogP contribution in [0.2, 0.25) is 0 Å². The van der Waals surface area contributed by atoms with Crippen molar-refractivity contribution < 1.29 is 0 Å². The molecule has 0 fully saturated rings. The van der Waals surface area contributed by atoms with Crippen LogP contribution in [0.15, 0.2) is 28.7 Å². The van der Waals surface area contributed by atoms with Gasteiger partial charge in [0, 0.05) is 29.2 Å². The third-order valence-corrected chi connectivity index (χ3v) is 3.80. The molecule has 1 aromatic carbocycles. The second kappa shape index (κ2) is 6.35. The minimum Gasteiger partial charge on any atom is -0.373 e. The van der Waals surface area contributed by atoms with Crippen molar-refractivity contribution in [2.75, 3.05) is 12.4 Å². The number of nitrogens with one attached hydrogen (secondary N) is 1. The maximum Gasteiger partial charge on any atom is 0.135 e. The molecule has 1 heterocycles. The Morgan fingerprint density at radius 1 is 1.15 bits per heavy atom. The number of anilines is 1. The van der Waals surface area contributed by atoms with Crippen LogP contribution in [0.5, 0.6) is 0 Å². The Morgan fingerprint density at radius 2 is 1.80 bits per heavy atom. The van der Waals surface area contributed by atoms with Crippen molar-refractivity contribution in [3.8, 4) is 0 Å². The quantitative estimate of drug-likeness (QED) is 0.906. The zero-order valence-corrected chi connectivity index (χ0v) is 14.0. The van der Waals surface area contributed by atoms with Crippen molar-refractivity contribution >= 4 is 21.7 Å². The molecular weight excluding hydrogens is 314 g/mol. The number of halogens is 1. The minimum atomic E-state index is 0.416. The average Bonchev–Trinajstić information content (AvgIpc) is 2.40. The Kier molecular flexibility index (Phi) is 4.76. The largest absolute Gasteiger partial charge is 0.373 e. The van der Waals surface area contributed by atoms with Crippen LogP contribution in [0.1, 0.15) is 42.4 Å². The zero-order valence-electron chi connectivity index (χ0n) is 12.4. The Balaban J connectivity index is 2.33. The van der Waals surface area contributed by atoms with Crippen LogP contribution in [0.3, 0.4) is 0 Å². The Bertz CT molecular complexity index is 591. The van der Waals surface area contributed by atoms with E-state index in [4.69, 9.17) is 0 Å². The predicted octanol–water partition coefficient (Wildman–Crippen LogP) is 4.30. The summed E-state index contributed by atoms with van der Waals surface area (Å²) in [5, 5.41) is 3.19. The van der Waals surface area contributed by atoms with E-state index in [-0.39, 0.29) is 0 Å². The highest BCUT2D eigenvalue weighted by Gasteiger charge is 2.13. The van der Waals surface area contributed by atoms with E-state index in [0.29, 0.717) is 5.92 Å². The molecule has 2 rings (SSSR count). The third-order valence-electron chi connectivity index (χ3n) is 3.27. The molecule has 0 aliphatic rings. The second-order valence-electron chi connectivity index (χ2n) is 5.20. The van der Waals surface area contributed by atoms with Crippen molar-refractivity contribution in [1.29, 1.82) is 0 Å². The molecule has 0 aliphatic heterocycles. The second-order valence-corrected chi connectivity index (χ2v) is 6.11. The molecule has 20 heavy (non-hydrogen) atoms. The van der Waals surface area contributed by atoms with Gasteiger partial charge in [-0.15, -0.1) is 0 Å². The number of rotatable bonds is 4. The fraction of sp³-hybridized carbons (Fsp3) is 0.375. The van der Waals surface area contributed by atoms with Gasteiger partial charge in [-0.1, -0.05) is 41.9 Å². The van der Waals surface area contributed by atoms with E-state index in [1.165, 1.54) is 11.1 Å². The van der Waals surface area contributed by atoms with E-state index < -0.39 is 0 Å². The maximum absolute atomic E-state index is 4.66. The number of aromatic nitrogens is 2. The van der Waals surface area contributed by atoms with Crippen molar-refractivity contribution in [1.82, 2.24) is 9.97 Å². The lowest BCUT2D eigenvalue weighted by molar-refractivity contribution is 0.814. The van der Waals surface area contributed by atoms with Crippen LogP contribution in [-0.4, -0.2) is 17.0 Å². The zero-order chi connectivity index (χ0) is 14.7. The predicted molar refractivity (Wildman–Crippen MR) is 87.4 cm³/mol. The summed E-state index contributed by atoms with van der Waals surface area (Å²) < 4.78 is 1.09. The topological polar surface area (TPSA) is 37.8 Å². The van der Waals surface area contributed by atoms with Gasteiger partial charge >= 0.3 is 0 Å². The first-order valence-electron chi connectivity index (χ1n) is 6.81. The molecule has 0 atom stereocenters. The Labute approximate surface area is 129 Å². The van der Waals surface area contributed by atoms with Crippen LogP contribution in [-0.2, 0) is 6.42 Å². The van der Waals surface area contributed by atoms with Gasteiger partial charge in [0.05, 0.1) is 0 Å². The molecule has 0 spiro atoms. The molecule has 106 valence electrons. The molecule has 0 unspecified atom stereocenters. The van der Waals surface area contributed by atoms with Crippen molar-refractivity contribution in [2.24, 2.45) is 0 Å². The summed E-state index contributed by atoms with van der Waals surface area (Å²) in [7, 11) is 1.91. The van der Waals surface area contributed by atoms with Crippen LogP contribution >= 0.6 is 15.9 Å². The monoisotopic (exact) mass is 333 g/mol. The maximum atomic E-state index is 4.66. The van der Waals surface area contributed by atoms with Gasteiger partial charge in [-0.2, -0.15) is 0 Å². The van der Waals surface area contributed by atoms with Gasteiger partial charge in [0.1, 0.15) is 11.6 Å². The highest BCUT2D eigenvalue weighted by atomic mass is 79.9. The fourth-order valence-electron chi connectivity index (χ4n) is 2.39. The number of nitrogens with zero attached hydrogens (tertiary/aromatic N) is 2. The molecule has 3 nitrogen and oxygen atoms in total. The Morgan fingerprint density at radius 3 is 2.35 bits per heavy atom. The van der Waals surface area contributed by atoms with Crippen LogP contribution in [0, 0.1) is 6.92 Å². The molecule has 0 saturated heterocycles. The summed E-state index contributed by atoms with van der Waals surface area (Å²) in [6, 6.07) is 8.28. The van der Waals surface area contributed by atoms with Crippen LogP contribution in [0.4, 0.5) is 5.82 Å². The lowest BCUT2D eigenvalue weighted by Crippen LogP contribution is -2.09. The molecular formula is C16H20BrN3. The van der Waals surface area contributed by atoms with Gasteiger partial charge in [-0.05, 0) is 30.5 Å². The van der Waals surface area contributed by atoms with Crippen molar-refractivity contribution in [3.05, 3.63) is 51.4 Å². The standard InChI is InChI=1S/C16H20BrN3/c1-10(2)15-11(3)19-14(20-16(15)18-4)9-12-5-7-13(17)8-6-12/h5-8,10H,9H2,1-4H3,(H,18,19,20). The molecule has 0 saturated carbocycles. The smallest absolute Gasteiger partial charge is 0.135 e. The summed E-state index contributed by atoms with van der Waals surface area (Å²) in [4.78, 5) is 9.31. The highest BCUT2D eigenvalue weighted by Crippen LogP contribution is 2.25. The lowest BCUT2D eigenvalue weighted by Gasteiger charge is -2.15. The first kappa shape index (κ1) is 15.0. The third kappa shape index (κ3) is 3.37. The molecule has 1 aromatic heterocycles. The van der Waals surface area contributed by atoms with E-state index in [1.807, 2.05) is 19.2 Å². The lowest BCUT2D eigenvalue weighted by atomic mass is 10.0. The average molecular weight is 334 g/mol. The van der Waals surface area contributed by atoms with Gasteiger partial charge in [0.2, 0.25) is 0 Å². The summed E-state index contributed by atoms with van der Waals surface area (Å²) in [5.74, 6) is 2.22. The summed E-state index contributed by atoms with van der Waals surface area (Å²) >= 11 is 3.45. The first-order chi connectivity index (χ1) is 9.51. The number of aryl methyl sites for hydroxylation is 1. The van der Waals surface area contributed by atoms with E-state index in [0.717, 1.165) is 28.2 Å².